The lowest BCUT2D eigenvalue weighted by Crippen LogP contribution is -2.21. The summed E-state index contributed by atoms with van der Waals surface area (Å²) in [5.74, 6) is -3.79. The Kier molecular flexibility index (Phi) is 7.19. The topological polar surface area (TPSA) is 86.6 Å². The Morgan fingerprint density at radius 2 is 1.23 bits per heavy atom. The summed E-state index contributed by atoms with van der Waals surface area (Å²) < 4.78 is 0. The fourth-order valence-electron chi connectivity index (χ4n) is 1.66. The Labute approximate surface area is 129 Å². The number of rotatable bonds is 5. The van der Waals surface area contributed by atoms with Crippen LogP contribution in [0.15, 0.2) is 60.7 Å². The molecule has 3 N–H and O–H groups in total. The Morgan fingerprint density at radius 1 is 0.864 bits per heavy atom. The van der Waals surface area contributed by atoms with E-state index in [1.54, 1.807) is 0 Å². The molecule has 0 radical (unpaired) electrons. The molecule has 22 heavy (non-hydrogen) atoms. The molecule has 0 saturated heterocycles. The molecule has 116 valence electrons. The Hall–Kier alpha value is -2.82. The largest absolute Gasteiger partial charge is 0.481 e. The Bertz CT molecular complexity index is 533. The second-order valence-electron chi connectivity index (χ2n) is 4.49. The monoisotopic (exact) mass is 301 g/mol. The summed E-state index contributed by atoms with van der Waals surface area (Å²) >= 11 is 0. The van der Waals surface area contributed by atoms with E-state index in [1.807, 2.05) is 60.7 Å². The van der Waals surface area contributed by atoms with E-state index in [4.69, 9.17) is 10.2 Å². The summed E-state index contributed by atoms with van der Waals surface area (Å²) in [6.45, 7) is 1.52. The van der Waals surface area contributed by atoms with Gasteiger partial charge in [-0.05, 0) is 30.7 Å². The molecule has 0 amide bonds. The van der Waals surface area contributed by atoms with Crippen LogP contribution in [-0.4, -0.2) is 22.2 Å². The van der Waals surface area contributed by atoms with Crippen LogP contribution < -0.4 is 5.32 Å². The summed E-state index contributed by atoms with van der Waals surface area (Å²) in [6.07, 6.45) is 0.130. The Morgan fingerprint density at radius 3 is 1.45 bits per heavy atom. The molecule has 0 aliphatic rings. The van der Waals surface area contributed by atoms with E-state index in [0.717, 1.165) is 11.4 Å². The molecule has 0 saturated carbocycles. The highest BCUT2D eigenvalue weighted by atomic mass is 16.4. The zero-order chi connectivity index (χ0) is 16.4. The van der Waals surface area contributed by atoms with E-state index in [-0.39, 0.29) is 6.42 Å². The van der Waals surface area contributed by atoms with Gasteiger partial charge in [-0.25, -0.2) is 0 Å². The molecule has 5 nitrogen and oxygen atoms in total. The van der Waals surface area contributed by atoms with E-state index in [2.05, 4.69) is 5.32 Å². The van der Waals surface area contributed by atoms with Crippen LogP contribution in [0.4, 0.5) is 11.4 Å². The lowest BCUT2D eigenvalue weighted by Gasteiger charge is -2.04. The van der Waals surface area contributed by atoms with E-state index in [1.165, 1.54) is 6.92 Å². The highest BCUT2D eigenvalue weighted by Crippen LogP contribution is 2.14. The molecule has 0 unspecified atom stereocenters. The maximum absolute atomic E-state index is 9.99. The number of carbonyl (C=O) groups is 2. The van der Waals surface area contributed by atoms with Crippen molar-refractivity contribution in [1.29, 1.82) is 0 Å². The molecule has 2 aromatic rings. The van der Waals surface area contributed by atoms with Gasteiger partial charge in [0.15, 0.2) is 5.92 Å². The van der Waals surface area contributed by atoms with E-state index in [9.17, 15) is 9.59 Å². The molecule has 5 heteroatoms. The van der Waals surface area contributed by atoms with Crippen LogP contribution in [0.2, 0.25) is 0 Å². The summed E-state index contributed by atoms with van der Waals surface area (Å²) in [7, 11) is 0. The lowest BCUT2D eigenvalue weighted by atomic mass is 10.1. The number of para-hydroxylation sites is 2. The smallest absolute Gasteiger partial charge is 0.317 e. The van der Waals surface area contributed by atoms with Crippen LogP contribution in [0, 0.1) is 5.92 Å². The zero-order valence-corrected chi connectivity index (χ0v) is 12.3. The predicted octanol–water partition coefficient (Wildman–Crippen LogP) is 3.61. The number of aliphatic carboxylic acids is 2. The maximum Gasteiger partial charge on any atom is 0.317 e. The fourth-order valence-corrected chi connectivity index (χ4v) is 1.66. The van der Waals surface area contributed by atoms with Crippen molar-refractivity contribution in [3.05, 3.63) is 60.7 Å². The molecule has 0 aliphatic carbocycles. The highest BCUT2D eigenvalue weighted by Gasteiger charge is 2.22. The van der Waals surface area contributed by atoms with Crippen LogP contribution in [-0.2, 0) is 9.59 Å². The van der Waals surface area contributed by atoms with Crippen LogP contribution in [0.3, 0.4) is 0 Å². The van der Waals surface area contributed by atoms with Gasteiger partial charge in [-0.15, -0.1) is 0 Å². The fraction of sp³-hybridized carbons (Fsp3) is 0.176. The molecule has 0 heterocycles. The average Bonchev–Trinajstić information content (AvgIpc) is 2.50. The number of nitrogens with one attached hydrogen (secondary N) is 1. The molecular weight excluding hydrogens is 282 g/mol. The predicted molar refractivity (Wildman–Crippen MR) is 85.2 cm³/mol. The summed E-state index contributed by atoms with van der Waals surface area (Å²) in [4.78, 5) is 20.0. The molecule has 0 atom stereocenters. The van der Waals surface area contributed by atoms with Crippen molar-refractivity contribution in [1.82, 2.24) is 0 Å². The van der Waals surface area contributed by atoms with E-state index in [0.29, 0.717) is 0 Å². The first-order valence-electron chi connectivity index (χ1n) is 6.87. The maximum atomic E-state index is 9.99. The van der Waals surface area contributed by atoms with Gasteiger partial charge in [-0.3, -0.25) is 9.59 Å². The van der Waals surface area contributed by atoms with Crippen LogP contribution in [0.5, 0.6) is 0 Å². The first-order valence-corrected chi connectivity index (χ1v) is 6.87. The van der Waals surface area contributed by atoms with Crippen LogP contribution >= 0.6 is 0 Å². The third-order valence-electron chi connectivity index (χ3n) is 2.84. The summed E-state index contributed by atoms with van der Waals surface area (Å²) in [5, 5.41) is 19.6. The minimum Gasteiger partial charge on any atom is -0.481 e. The lowest BCUT2D eigenvalue weighted by molar-refractivity contribution is -0.154. The van der Waals surface area contributed by atoms with Crippen LogP contribution in [0.25, 0.3) is 0 Å². The van der Waals surface area contributed by atoms with Crippen LogP contribution in [0.1, 0.15) is 13.3 Å². The molecule has 0 fully saturated rings. The molecule has 2 rings (SSSR count). The van der Waals surface area contributed by atoms with Gasteiger partial charge < -0.3 is 15.5 Å². The van der Waals surface area contributed by atoms with Gasteiger partial charge in [-0.2, -0.15) is 0 Å². The van der Waals surface area contributed by atoms with Crippen molar-refractivity contribution >= 4 is 23.3 Å². The molecular formula is C17H19NO4. The second kappa shape index (κ2) is 9.18. The van der Waals surface area contributed by atoms with Gasteiger partial charge >= 0.3 is 11.9 Å². The Balaban J connectivity index is 0.000000239. The van der Waals surface area contributed by atoms with Crippen molar-refractivity contribution in [3.8, 4) is 0 Å². The van der Waals surface area contributed by atoms with Gasteiger partial charge in [0.2, 0.25) is 0 Å². The number of carboxylic acid groups (broad SMARTS) is 2. The first kappa shape index (κ1) is 17.2. The third-order valence-corrected chi connectivity index (χ3v) is 2.84. The highest BCUT2D eigenvalue weighted by molar-refractivity contribution is 5.92. The number of carboxylic acids is 2. The number of hydrogen-bond donors (Lipinski definition) is 3. The normalized spacial score (nSPS) is 9.55. The van der Waals surface area contributed by atoms with Crippen molar-refractivity contribution in [3.63, 3.8) is 0 Å². The number of anilines is 2. The molecule has 0 bridgehead atoms. The SMILES string of the molecule is CCC(C(=O)O)C(=O)O.c1ccc(Nc2ccccc2)cc1. The minimum atomic E-state index is -1.27. The minimum absolute atomic E-state index is 0.130. The van der Waals surface area contributed by atoms with Gasteiger partial charge in [-0.1, -0.05) is 43.3 Å². The van der Waals surface area contributed by atoms with Crippen molar-refractivity contribution in [2.45, 2.75) is 13.3 Å². The third kappa shape index (κ3) is 6.09. The summed E-state index contributed by atoms with van der Waals surface area (Å²) in [6, 6.07) is 20.3. The van der Waals surface area contributed by atoms with Crippen molar-refractivity contribution in [2.24, 2.45) is 5.92 Å². The van der Waals surface area contributed by atoms with Crippen molar-refractivity contribution in [2.75, 3.05) is 5.32 Å². The molecule has 0 aromatic heterocycles. The van der Waals surface area contributed by atoms with E-state index < -0.39 is 17.9 Å². The average molecular weight is 301 g/mol. The molecule has 2 aromatic carbocycles. The van der Waals surface area contributed by atoms with Gasteiger partial charge in [0.1, 0.15) is 0 Å². The van der Waals surface area contributed by atoms with E-state index >= 15 is 0 Å². The second-order valence-corrected chi connectivity index (χ2v) is 4.49. The number of benzene rings is 2. The zero-order valence-electron chi connectivity index (χ0n) is 12.3. The quantitative estimate of drug-likeness (QED) is 0.734. The van der Waals surface area contributed by atoms with Crippen molar-refractivity contribution < 1.29 is 19.8 Å². The number of hydrogen-bond acceptors (Lipinski definition) is 3. The first-order chi connectivity index (χ1) is 10.5. The molecule has 0 aliphatic heterocycles. The van der Waals surface area contributed by atoms with Gasteiger partial charge in [0, 0.05) is 11.4 Å². The van der Waals surface area contributed by atoms with Gasteiger partial charge in [0.05, 0.1) is 0 Å². The van der Waals surface area contributed by atoms with Gasteiger partial charge in [0.25, 0.3) is 0 Å². The molecule has 0 spiro atoms. The standard InChI is InChI=1S/C12H11N.C5H8O4/c1-3-7-11(8-4-1)13-12-9-5-2-6-10-12;1-2-3(4(6)7)5(8)9/h1-10,13H;3H,2H2,1H3,(H,6,7)(H,8,9). The summed E-state index contributed by atoms with van der Waals surface area (Å²) in [5.41, 5.74) is 2.24.